The summed E-state index contributed by atoms with van der Waals surface area (Å²) < 4.78 is 0. The number of hydrogen-bond donors (Lipinski definition) is 2. The first-order valence-corrected chi connectivity index (χ1v) is 6.90. The Bertz CT molecular complexity index is 163. The fourth-order valence-corrected chi connectivity index (χ4v) is 1.88. The van der Waals surface area contributed by atoms with Crippen LogP contribution in [0.2, 0.25) is 0 Å². The lowest BCUT2D eigenvalue weighted by atomic mass is 10.1. The molecule has 0 fully saturated rings. The molecule has 0 aliphatic heterocycles. The lowest BCUT2D eigenvalue weighted by molar-refractivity contribution is 0.0275. The number of aliphatic hydroxyl groups is 1. The maximum Gasteiger partial charge on any atom is 0.0869 e. The van der Waals surface area contributed by atoms with Crippen LogP contribution in [0.5, 0.6) is 0 Å². The van der Waals surface area contributed by atoms with Crippen molar-refractivity contribution in [3.8, 4) is 0 Å². The summed E-state index contributed by atoms with van der Waals surface area (Å²) in [7, 11) is 2.06. The molecule has 0 rings (SSSR count). The van der Waals surface area contributed by atoms with Gasteiger partial charge in [0.05, 0.1) is 5.60 Å². The first kappa shape index (κ1) is 15.2. The molecule has 0 saturated carbocycles. The van der Waals surface area contributed by atoms with E-state index in [4.69, 9.17) is 0 Å². The number of nitrogens with zero attached hydrogens (tertiary/aromatic N) is 1. The van der Waals surface area contributed by atoms with Crippen molar-refractivity contribution < 1.29 is 5.11 Å². The van der Waals surface area contributed by atoms with Gasteiger partial charge in [-0.15, -0.1) is 0 Å². The Morgan fingerprint density at radius 1 is 1.47 bits per heavy atom. The summed E-state index contributed by atoms with van der Waals surface area (Å²) in [5.41, 5.74) is -0.641. The zero-order valence-corrected chi connectivity index (χ0v) is 11.5. The summed E-state index contributed by atoms with van der Waals surface area (Å²) in [6.07, 6.45) is 2.10. The third kappa shape index (κ3) is 9.18. The molecule has 0 amide bonds. The average Bonchev–Trinajstić information content (AvgIpc) is 2.11. The van der Waals surface area contributed by atoms with Crippen LogP contribution in [0.1, 0.15) is 20.8 Å². The summed E-state index contributed by atoms with van der Waals surface area (Å²) in [4.78, 5) is 2.18. The summed E-state index contributed by atoms with van der Waals surface area (Å²) in [6.45, 7) is 8.46. The normalized spacial score (nSPS) is 16.0. The molecule has 92 valence electrons. The fourth-order valence-electron chi connectivity index (χ4n) is 1.39. The fraction of sp³-hybridized carbons (Fsp3) is 1.00. The van der Waals surface area contributed by atoms with Crippen molar-refractivity contribution in [1.82, 2.24) is 10.2 Å². The Hall–Kier alpha value is 0.230. The molecule has 0 aromatic carbocycles. The van der Waals surface area contributed by atoms with Gasteiger partial charge in [0.2, 0.25) is 0 Å². The molecular formula is C11H26N2OS. The van der Waals surface area contributed by atoms with Crippen LogP contribution < -0.4 is 5.32 Å². The van der Waals surface area contributed by atoms with E-state index < -0.39 is 5.60 Å². The molecular weight excluding hydrogens is 208 g/mol. The largest absolute Gasteiger partial charge is 0.388 e. The van der Waals surface area contributed by atoms with Crippen LogP contribution in [0.4, 0.5) is 0 Å². The number of likely N-dealkylation sites (N-methyl/N-ethyl adjacent to an activating group) is 1. The van der Waals surface area contributed by atoms with Gasteiger partial charge in [0, 0.05) is 31.4 Å². The predicted molar refractivity (Wildman–Crippen MR) is 69.6 cm³/mol. The molecule has 0 aromatic rings. The maximum absolute atomic E-state index is 10.1. The van der Waals surface area contributed by atoms with E-state index in [1.54, 1.807) is 0 Å². The van der Waals surface area contributed by atoms with Gasteiger partial charge in [-0.1, -0.05) is 13.8 Å². The molecule has 4 heteroatoms. The quantitative estimate of drug-likeness (QED) is 0.657. The third-order valence-corrected chi connectivity index (χ3v) is 2.77. The van der Waals surface area contributed by atoms with Crippen LogP contribution in [-0.2, 0) is 0 Å². The van der Waals surface area contributed by atoms with Gasteiger partial charge in [-0.25, -0.2) is 0 Å². The van der Waals surface area contributed by atoms with Gasteiger partial charge in [-0.3, -0.25) is 0 Å². The third-order valence-electron chi connectivity index (χ3n) is 2.18. The second-order valence-electron chi connectivity index (χ2n) is 4.76. The molecule has 0 saturated heterocycles. The Morgan fingerprint density at radius 2 is 2.07 bits per heavy atom. The lowest BCUT2D eigenvalue weighted by Crippen LogP contribution is -2.48. The molecule has 3 nitrogen and oxygen atoms in total. The van der Waals surface area contributed by atoms with Crippen molar-refractivity contribution in [1.29, 1.82) is 0 Å². The first-order valence-electron chi connectivity index (χ1n) is 5.50. The van der Waals surface area contributed by atoms with Gasteiger partial charge in [-0.05, 0) is 20.2 Å². The number of thioether (sulfide) groups is 1. The average molecular weight is 234 g/mol. The van der Waals surface area contributed by atoms with Crippen molar-refractivity contribution in [2.45, 2.75) is 32.4 Å². The van der Waals surface area contributed by atoms with Crippen molar-refractivity contribution in [2.24, 2.45) is 0 Å². The van der Waals surface area contributed by atoms with E-state index in [2.05, 4.69) is 37.4 Å². The second kappa shape index (κ2) is 7.49. The summed E-state index contributed by atoms with van der Waals surface area (Å²) in [6, 6.07) is 0.424. The van der Waals surface area contributed by atoms with Gasteiger partial charge in [0.25, 0.3) is 0 Å². The minimum absolute atomic E-state index is 0.424. The highest BCUT2D eigenvalue weighted by Gasteiger charge is 2.22. The SMILES string of the molecule is CSCCN(C)CC(C)(O)CNC(C)C. The van der Waals surface area contributed by atoms with Gasteiger partial charge < -0.3 is 15.3 Å². The van der Waals surface area contributed by atoms with E-state index >= 15 is 0 Å². The van der Waals surface area contributed by atoms with Crippen molar-refractivity contribution in [2.75, 3.05) is 38.7 Å². The molecule has 2 N–H and O–H groups in total. The molecule has 0 aliphatic rings. The summed E-state index contributed by atoms with van der Waals surface area (Å²) >= 11 is 1.84. The molecule has 1 unspecified atom stereocenters. The van der Waals surface area contributed by atoms with Gasteiger partial charge in [0.1, 0.15) is 0 Å². The lowest BCUT2D eigenvalue weighted by Gasteiger charge is -2.30. The van der Waals surface area contributed by atoms with Crippen molar-refractivity contribution in [3.05, 3.63) is 0 Å². The Balaban J connectivity index is 3.79. The van der Waals surface area contributed by atoms with Gasteiger partial charge >= 0.3 is 0 Å². The standard InChI is InChI=1S/C11H26N2OS/c1-10(2)12-8-11(3,14)9-13(4)6-7-15-5/h10,12,14H,6-9H2,1-5H3. The van der Waals surface area contributed by atoms with E-state index in [0.717, 1.165) is 12.3 Å². The van der Waals surface area contributed by atoms with E-state index in [1.807, 2.05) is 18.7 Å². The Kier molecular flexibility index (Phi) is 7.61. The minimum Gasteiger partial charge on any atom is -0.388 e. The first-order chi connectivity index (χ1) is 6.87. The molecule has 0 heterocycles. The minimum atomic E-state index is -0.641. The second-order valence-corrected chi connectivity index (χ2v) is 5.75. The van der Waals surface area contributed by atoms with Gasteiger partial charge in [-0.2, -0.15) is 11.8 Å². The molecule has 0 aliphatic carbocycles. The van der Waals surface area contributed by atoms with Crippen LogP contribution >= 0.6 is 11.8 Å². The number of rotatable bonds is 8. The highest BCUT2D eigenvalue weighted by molar-refractivity contribution is 7.98. The highest BCUT2D eigenvalue weighted by atomic mass is 32.2. The monoisotopic (exact) mass is 234 g/mol. The van der Waals surface area contributed by atoms with E-state index in [9.17, 15) is 5.11 Å². The molecule has 0 radical (unpaired) electrons. The number of nitrogens with one attached hydrogen (secondary N) is 1. The van der Waals surface area contributed by atoms with E-state index in [1.165, 1.54) is 0 Å². The topological polar surface area (TPSA) is 35.5 Å². The zero-order valence-electron chi connectivity index (χ0n) is 10.7. The summed E-state index contributed by atoms with van der Waals surface area (Å²) in [5, 5.41) is 13.4. The Morgan fingerprint density at radius 3 is 2.53 bits per heavy atom. The van der Waals surface area contributed by atoms with E-state index in [0.29, 0.717) is 19.1 Å². The van der Waals surface area contributed by atoms with Crippen LogP contribution in [0.3, 0.4) is 0 Å². The van der Waals surface area contributed by atoms with Crippen molar-refractivity contribution >= 4 is 11.8 Å². The Labute approximate surface area is 98.6 Å². The van der Waals surface area contributed by atoms with Crippen LogP contribution in [-0.4, -0.2) is 60.3 Å². The maximum atomic E-state index is 10.1. The summed E-state index contributed by atoms with van der Waals surface area (Å²) in [5.74, 6) is 1.12. The smallest absolute Gasteiger partial charge is 0.0869 e. The van der Waals surface area contributed by atoms with E-state index in [-0.39, 0.29) is 0 Å². The molecule has 0 aromatic heterocycles. The molecule has 0 bridgehead atoms. The van der Waals surface area contributed by atoms with Crippen LogP contribution in [0.15, 0.2) is 0 Å². The molecule has 1 atom stereocenters. The van der Waals surface area contributed by atoms with Crippen LogP contribution in [0.25, 0.3) is 0 Å². The van der Waals surface area contributed by atoms with Crippen LogP contribution in [0, 0.1) is 0 Å². The highest BCUT2D eigenvalue weighted by Crippen LogP contribution is 2.05. The van der Waals surface area contributed by atoms with Gasteiger partial charge in [0.15, 0.2) is 0 Å². The molecule has 0 spiro atoms. The van der Waals surface area contributed by atoms with Crippen molar-refractivity contribution in [3.63, 3.8) is 0 Å². The predicted octanol–water partition coefficient (Wildman–Crippen LogP) is 1.03. The molecule has 15 heavy (non-hydrogen) atoms. The number of hydrogen-bond acceptors (Lipinski definition) is 4. The zero-order chi connectivity index (χ0) is 11.9.